The lowest BCUT2D eigenvalue weighted by Crippen LogP contribution is -2.39. The Morgan fingerprint density at radius 1 is 1.35 bits per heavy atom. The molecule has 0 fully saturated rings. The maximum absolute atomic E-state index is 11.8. The van der Waals surface area contributed by atoms with Crippen molar-refractivity contribution < 1.29 is 14.7 Å². The molecule has 1 aromatic rings. The van der Waals surface area contributed by atoms with E-state index in [0.29, 0.717) is 0 Å². The second-order valence-electron chi connectivity index (χ2n) is 4.72. The van der Waals surface area contributed by atoms with Crippen molar-refractivity contribution in [1.29, 1.82) is 0 Å². The van der Waals surface area contributed by atoms with E-state index in [2.05, 4.69) is 15.3 Å². The summed E-state index contributed by atoms with van der Waals surface area (Å²) in [5.74, 6) is -2.64. The number of hydrogen-bond donors (Lipinski definition) is 2. The van der Waals surface area contributed by atoms with Gasteiger partial charge in [-0.05, 0) is 5.41 Å². The van der Waals surface area contributed by atoms with Crippen LogP contribution < -0.4 is 5.32 Å². The van der Waals surface area contributed by atoms with Crippen LogP contribution in [0.1, 0.15) is 20.8 Å². The summed E-state index contributed by atoms with van der Waals surface area (Å²) < 4.78 is 0. The largest absolute Gasteiger partial charge is 0.481 e. The van der Waals surface area contributed by atoms with Crippen molar-refractivity contribution in [2.45, 2.75) is 20.8 Å². The van der Waals surface area contributed by atoms with Crippen molar-refractivity contribution in [3.63, 3.8) is 0 Å². The van der Waals surface area contributed by atoms with Crippen LogP contribution in [0.2, 0.25) is 0 Å². The van der Waals surface area contributed by atoms with E-state index in [1.54, 1.807) is 20.8 Å². The minimum Gasteiger partial charge on any atom is -0.481 e. The molecule has 6 heteroatoms. The third kappa shape index (κ3) is 3.51. The molecule has 1 atom stereocenters. The van der Waals surface area contributed by atoms with Crippen molar-refractivity contribution in [2.24, 2.45) is 11.3 Å². The molecule has 6 nitrogen and oxygen atoms in total. The van der Waals surface area contributed by atoms with Crippen LogP contribution >= 0.6 is 0 Å². The molecule has 0 aromatic carbocycles. The van der Waals surface area contributed by atoms with Gasteiger partial charge in [-0.3, -0.25) is 14.6 Å². The predicted molar refractivity (Wildman–Crippen MR) is 61.2 cm³/mol. The van der Waals surface area contributed by atoms with E-state index in [0.717, 1.165) is 0 Å². The summed E-state index contributed by atoms with van der Waals surface area (Å²) in [4.78, 5) is 30.6. The fourth-order valence-corrected chi connectivity index (χ4v) is 1.44. The molecular weight excluding hydrogens is 222 g/mol. The van der Waals surface area contributed by atoms with Gasteiger partial charge in [-0.15, -0.1) is 0 Å². The highest BCUT2D eigenvalue weighted by Gasteiger charge is 2.37. The highest BCUT2D eigenvalue weighted by atomic mass is 16.4. The number of anilines is 1. The monoisotopic (exact) mass is 237 g/mol. The lowest BCUT2D eigenvalue weighted by atomic mass is 9.80. The zero-order chi connectivity index (χ0) is 13.1. The van der Waals surface area contributed by atoms with Gasteiger partial charge in [0.05, 0.1) is 6.20 Å². The van der Waals surface area contributed by atoms with Gasteiger partial charge in [-0.1, -0.05) is 20.8 Å². The van der Waals surface area contributed by atoms with Crippen LogP contribution in [0.4, 0.5) is 5.82 Å². The highest BCUT2D eigenvalue weighted by Crippen LogP contribution is 2.27. The predicted octanol–water partition coefficient (Wildman–Crippen LogP) is 1.16. The van der Waals surface area contributed by atoms with Crippen molar-refractivity contribution in [2.75, 3.05) is 5.32 Å². The molecule has 1 heterocycles. The number of nitrogens with one attached hydrogen (secondary N) is 1. The van der Waals surface area contributed by atoms with Gasteiger partial charge in [0.25, 0.3) is 0 Å². The summed E-state index contributed by atoms with van der Waals surface area (Å²) in [5, 5.41) is 11.5. The van der Waals surface area contributed by atoms with Gasteiger partial charge in [0, 0.05) is 12.4 Å². The van der Waals surface area contributed by atoms with Crippen LogP contribution in [-0.4, -0.2) is 27.0 Å². The SMILES string of the molecule is CC(C)(C)[C@H](C(=O)O)C(=O)Nc1cnccn1. The summed E-state index contributed by atoms with van der Waals surface area (Å²) in [6.07, 6.45) is 4.25. The Labute approximate surface area is 99.1 Å². The smallest absolute Gasteiger partial charge is 0.316 e. The van der Waals surface area contributed by atoms with Crippen LogP contribution in [0.5, 0.6) is 0 Å². The van der Waals surface area contributed by atoms with E-state index in [4.69, 9.17) is 5.11 Å². The van der Waals surface area contributed by atoms with E-state index < -0.39 is 23.2 Å². The molecule has 2 N–H and O–H groups in total. The van der Waals surface area contributed by atoms with E-state index in [9.17, 15) is 9.59 Å². The van der Waals surface area contributed by atoms with Crippen LogP contribution in [-0.2, 0) is 9.59 Å². The number of aliphatic carboxylic acids is 1. The van der Waals surface area contributed by atoms with Crippen molar-refractivity contribution >= 4 is 17.7 Å². The van der Waals surface area contributed by atoms with Crippen LogP contribution in [0, 0.1) is 11.3 Å². The molecule has 0 unspecified atom stereocenters. The lowest BCUT2D eigenvalue weighted by Gasteiger charge is -2.25. The molecule has 1 amide bonds. The summed E-state index contributed by atoms with van der Waals surface area (Å²) >= 11 is 0. The Bertz CT molecular complexity index is 412. The second kappa shape index (κ2) is 4.90. The van der Waals surface area contributed by atoms with Crippen molar-refractivity contribution in [3.8, 4) is 0 Å². The zero-order valence-corrected chi connectivity index (χ0v) is 9.97. The lowest BCUT2D eigenvalue weighted by molar-refractivity contribution is -0.149. The molecule has 17 heavy (non-hydrogen) atoms. The Balaban J connectivity index is 2.84. The second-order valence-corrected chi connectivity index (χ2v) is 4.72. The van der Waals surface area contributed by atoms with E-state index >= 15 is 0 Å². The number of nitrogens with zero attached hydrogens (tertiary/aromatic N) is 2. The number of hydrogen-bond acceptors (Lipinski definition) is 4. The molecule has 0 aliphatic heterocycles. The molecule has 0 saturated carbocycles. The van der Waals surface area contributed by atoms with Gasteiger partial charge in [-0.25, -0.2) is 4.98 Å². The number of carboxylic acid groups (broad SMARTS) is 1. The van der Waals surface area contributed by atoms with E-state index in [1.807, 2.05) is 0 Å². The third-order valence-corrected chi connectivity index (χ3v) is 2.19. The Hall–Kier alpha value is -1.98. The topological polar surface area (TPSA) is 92.2 Å². The highest BCUT2D eigenvalue weighted by molar-refractivity contribution is 6.04. The quantitative estimate of drug-likeness (QED) is 0.769. The van der Waals surface area contributed by atoms with Gasteiger partial charge in [0.2, 0.25) is 5.91 Å². The van der Waals surface area contributed by atoms with Crippen LogP contribution in [0.15, 0.2) is 18.6 Å². The minimum atomic E-state index is -1.15. The first-order valence-corrected chi connectivity index (χ1v) is 5.12. The number of carboxylic acids is 1. The van der Waals surface area contributed by atoms with Gasteiger partial charge in [0.15, 0.2) is 5.82 Å². The van der Waals surface area contributed by atoms with Crippen molar-refractivity contribution in [1.82, 2.24) is 9.97 Å². The summed E-state index contributed by atoms with van der Waals surface area (Å²) in [5.41, 5.74) is -0.669. The first-order valence-electron chi connectivity index (χ1n) is 5.12. The molecule has 0 aliphatic carbocycles. The molecular formula is C11H15N3O3. The zero-order valence-electron chi connectivity index (χ0n) is 9.97. The first kappa shape index (κ1) is 13.1. The van der Waals surface area contributed by atoms with Gasteiger partial charge < -0.3 is 10.4 Å². The number of carbonyl (C=O) groups excluding carboxylic acids is 1. The van der Waals surface area contributed by atoms with Crippen molar-refractivity contribution in [3.05, 3.63) is 18.6 Å². The van der Waals surface area contributed by atoms with Gasteiger partial charge in [0.1, 0.15) is 5.92 Å². The Kier molecular flexibility index (Phi) is 3.77. The van der Waals surface area contributed by atoms with Crippen LogP contribution in [0.3, 0.4) is 0 Å². The number of aromatic nitrogens is 2. The average molecular weight is 237 g/mol. The molecule has 0 saturated heterocycles. The van der Waals surface area contributed by atoms with E-state index in [-0.39, 0.29) is 5.82 Å². The third-order valence-electron chi connectivity index (χ3n) is 2.19. The molecule has 0 spiro atoms. The van der Waals surface area contributed by atoms with Crippen LogP contribution in [0.25, 0.3) is 0 Å². The van der Waals surface area contributed by atoms with E-state index in [1.165, 1.54) is 18.6 Å². The maximum Gasteiger partial charge on any atom is 0.316 e. The standard InChI is InChI=1S/C11H15N3O3/c1-11(2,3)8(10(16)17)9(15)14-7-6-12-4-5-13-7/h4-6,8H,1-3H3,(H,16,17)(H,13,14,15)/t8-/m0/s1. The number of rotatable bonds is 3. The summed E-state index contributed by atoms with van der Waals surface area (Å²) in [6.45, 7) is 5.09. The number of carbonyl (C=O) groups is 2. The molecule has 0 bridgehead atoms. The average Bonchev–Trinajstić information content (AvgIpc) is 2.15. The normalized spacial score (nSPS) is 12.9. The van der Waals surface area contributed by atoms with Gasteiger partial charge in [-0.2, -0.15) is 0 Å². The fourth-order valence-electron chi connectivity index (χ4n) is 1.44. The Morgan fingerprint density at radius 2 is 2.00 bits per heavy atom. The molecule has 1 rings (SSSR count). The van der Waals surface area contributed by atoms with Gasteiger partial charge >= 0.3 is 5.97 Å². The maximum atomic E-state index is 11.8. The first-order chi connectivity index (χ1) is 7.82. The molecule has 92 valence electrons. The Morgan fingerprint density at radius 3 is 2.41 bits per heavy atom. The molecule has 1 aromatic heterocycles. The summed E-state index contributed by atoms with van der Waals surface area (Å²) in [7, 11) is 0. The fraction of sp³-hybridized carbons (Fsp3) is 0.455. The number of amides is 1. The molecule has 0 radical (unpaired) electrons. The molecule has 0 aliphatic rings. The minimum absolute atomic E-state index is 0.244. The summed E-state index contributed by atoms with van der Waals surface area (Å²) in [6, 6.07) is 0.